The second-order valence-corrected chi connectivity index (χ2v) is 4.48. The van der Waals surface area contributed by atoms with Crippen molar-refractivity contribution in [2.45, 2.75) is 20.8 Å². The molecule has 0 aliphatic heterocycles. The first-order valence-electron chi connectivity index (χ1n) is 4.24. The maximum atomic E-state index is 3.89. The summed E-state index contributed by atoms with van der Waals surface area (Å²) in [7, 11) is 0. The van der Waals surface area contributed by atoms with Gasteiger partial charge in [-0.15, -0.1) is 0 Å². The fourth-order valence-corrected chi connectivity index (χ4v) is 0.962. The highest BCUT2D eigenvalue weighted by molar-refractivity contribution is 5.59. The zero-order chi connectivity index (χ0) is 9.35. The van der Waals surface area contributed by atoms with Gasteiger partial charge in [-0.2, -0.15) is 0 Å². The molecule has 0 bridgehead atoms. The van der Waals surface area contributed by atoms with E-state index in [1.165, 1.54) is 0 Å². The Labute approximate surface area is 74.9 Å². The molecule has 1 aliphatic rings. The third-order valence-electron chi connectivity index (χ3n) is 1.84. The minimum Gasteiger partial charge on any atom is -0.384 e. The second kappa shape index (κ2) is 2.81. The Morgan fingerprint density at radius 2 is 1.92 bits per heavy atom. The van der Waals surface area contributed by atoms with E-state index in [4.69, 9.17) is 0 Å². The Bertz CT molecular complexity index is 251. The molecule has 0 aromatic heterocycles. The molecule has 12 heavy (non-hydrogen) atoms. The molecule has 1 heteroatoms. The van der Waals surface area contributed by atoms with Crippen LogP contribution in [0.1, 0.15) is 20.8 Å². The summed E-state index contributed by atoms with van der Waals surface area (Å²) in [6.07, 6.45) is 2.04. The predicted molar refractivity (Wildman–Crippen MR) is 53.8 cm³/mol. The van der Waals surface area contributed by atoms with E-state index in [0.29, 0.717) is 5.41 Å². The molecule has 0 heterocycles. The van der Waals surface area contributed by atoms with Crippen molar-refractivity contribution in [1.82, 2.24) is 5.32 Å². The summed E-state index contributed by atoms with van der Waals surface area (Å²) in [5.41, 5.74) is 3.57. The van der Waals surface area contributed by atoms with Crippen molar-refractivity contribution < 1.29 is 0 Å². The van der Waals surface area contributed by atoms with Crippen molar-refractivity contribution in [1.29, 1.82) is 0 Å². The molecule has 0 saturated heterocycles. The Kier molecular flexibility index (Phi) is 2.14. The Morgan fingerprint density at radius 3 is 2.25 bits per heavy atom. The first kappa shape index (κ1) is 9.11. The van der Waals surface area contributed by atoms with E-state index in [-0.39, 0.29) is 0 Å². The van der Waals surface area contributed by atoms with Gasteiger partial charge in [0, 0.05) is 12.2 Å². The number of allylic oxidation sites excluding steroid dienone is 2. The lowest BCUT2D eigenvalue weighted by atomic mass is 9.92. The molecule has 0 aromatic carbocycles. The molecule has 0 amide bonds. The van der Waals surface area contributed by atoms with Crippen LogP contribution in [-0.2, 0) is 0 Å². The van der Waals surface area contributed by atoms with Gasteiger partial charge < -0.3 is 5.32 Å². The summed E-state index contributed by atoms with van der Waals surface area (Å²) in [5, 5.41) is 3.34. The third-order valence-corrected chi connectivity index (χ3v) is 1.84. The predicted octanol–water partition coefficient (Wildman–Crippen LogP) is 2.63. The van der Waals surface area contributed by atoms with Gasteiger partial charge in [-0.25, -0.2) is 0 Å². The van der Waals surface area contributed by atoms with Crippen molar-refractivity contribution in [2.75, 3.05) is 6.54 Å². The fourth-order valence-electron chi connectivity index (χ4n) is 0.962. The number of hydrogen-bond donors (Lipinski definition) is 1. The van der Waals surface area contributed by atoms with Gasteiger partial charge in [0.05, 0.1) is 0 Å². The van der Waals surface area contributed by atoms with Crippen LogP contribution in [0.3, 0.4) is 0 Å². The molecular weight excluding hydrogens is 146 g/mol. The third kappa shape index (κ3) is 2.00. The number of rotatable bonds is 2. The molecule has 1 nitrogen and oxygen atoms in total. The quantitative estimate of drug-likeness (QED) is 0.660. The van der Waals surface area contributed by atoms with Crippen molar-refractivity contribution in [3.8, 4) is 0 Å². The Morgan fingerprint density at radius 1 is 1.33 bits per heavy atom. The molecule has 0 unspecified atom stereocenters. The molecule has 0 atom stereocenters. The van der Waals surface area contributed by atoms with E-state index in [9.17, 15) is 0 Å². The zero-order valence-corrected chi connectivity index (χ0v) is 8.20. The summed E-state index contributed by atoms with van der Waals surface area (Å²) in [4.78, 5) is 0. The van der Waals surface area contributed by atoms with Crippen LogP contribution in [0, 0.1) is 5.41 Å². The van der Waals surface area contributed by atoms with Gasteiger partial charge in [0.2, 0.25) is 0 Å². The molecule has 0 saturated carbocycles. The average molecular weight is 163 g/mol. The monoisotopic (exact) mass is 163 g/mol. The van der Waals surface area contributed by atoms with E-state index in [1.807, 2.05) is 6.08 Å². The lowest BCUT2D eigenvalue weighted by Crippen LogP contribution is -2.29. The van der Waals surface area contributed by atoms with Gasteiger partial charge in [-0.05, 0) is 22.6 Å². The van der Waals surface area contributed by atoms with Gasteiger partial charge in [0.1, 0.15) is 0 Å². The molecule has 0 aromatic rings. The summed E-state index contributed by atoms with van der Waals surface area (Å²) >= 11 is 0. The molecule has 1 aliphatic carbocycles. The fraction of sp³-hybridized carbons (Fsp3) is 0.455. The zero-order valence-electron chi connectivity index (χ0n) is 8.20. The van der Waals surface area contributed by atoms with E-state index in [2.05, 4.69) is 39.2 Å². The van der Waals surface area contributed by atoms with Crippen molar-refractivity contribution in [2.24, 2.45) is 5.41 Å². The first-order valence-corrected chi connectivity index (χ1v) is 4.24. The topological polar surface area (TPSA) is 12.0 Å². The van der Waals surface area contributed by atoms with E-state index < -0.39 is 0 Å². The van der Waals surface area contributed by atoms with E-state index in [0.717, 1.165) is 23.4 Å². The lowest BCUT2D eigenvalue weighted by Gasteiger charge is -2.26. The van der Waals surface area contributed by atoms with Crippen LogP contribution < -0.4 is 5.32 Å². The normalized spacial score (nSPS) is 17.1. The van der Waals surface area contributed by atoms with Crippen LogP contribution in [0.5, 0.6) is 0 Å². The first-order chi connectivity index (χ1) is 5.40. The van der Waals surface area contributed by atoms with Crippen LogP contribution >= 0.6 is 0 Å². The highest BCUT2D eigenvalue weighted by Gasteiger charge is 2.17. The molecule has 1 rings (SSSR count). The second-order valence-electron chi connectivity index (χ2n) is 4.48. The Balaban J connectivity index is 2.41. The van der Waals surface area contributed by atoms with Crippen molar-refractivity contribution >= 4 is 0 Å². The van der Waals surface area contributed by atoms with Gasteiger partial charge >= 0.3 is 0 Å². The standard InChI is InChI=1S/C11H17N/c1-8-6-10(9(8)2)12-7-11(3,4)5/h6,12H,1-2,7H2,3-5H3. The summed E-state index contributed by atoms with van der Waals surface area (Å²) in [5.74, 6) is 0. The SMILES string of the molecule is C=C1C=C(NCC(C)(C)C)C1=C. The van der Waals surface area contributed by atoms with Crippen LogP contribution in [0.4, 0.5) is 0 Å². The van der Waals surface area contributed by atoms with Crippen molar-refractivity contribution in [3.63, 3.8) is 0 Å². The summed E-state index contributed by atoms with van der Waals surface area (Å²) in [6, 6.07) is 0. The maximum absolute atomic E-state index is 3.89. The molecule has 66 valence electrons. The van der Waals surface area contributed by atoms with Crippen LogP contribution in [0.25, 0.3) is 0 Å². The van der Waals surface area contributed by atoms with E-state index in [1.54, 1.807) is 0 Å². The van der Waals surface area contributed by atoms with Gasteiger partial charge in [0.15, 0.2) is 0 Å². The number of nitrogens with one attached hydrogen (secondary N) is 1. The van der Waals surface area contributed by atoms with E-state index >= 15 is 0 Å². The molecular formula is C11H17N. The van der Waals surface area contributed by atoms with Crippen LogP contribution in [-0.4, -0.2) is 6.54 Å². The molecule has 0 spiro atoms. The largest absolute Gasteiger partial charge is 0.384 e. The smallest absolute Gasteiger partial charge is 0.0419 e. The minimum absolute atomic E-state index is 0.318. The van der Waals surface area contributed by atoms with Crippen molar-refractivity contribution in [3.05, 3.63) is 36.1 Å². The average Bonchev–Trinajstić information content (AvgIpc) is 1.95. The maximum Gasteiger partial charge on any atom is 0.0419 e. The molecule has 0 radical (unpaired) electrons. The molecule has 0 fully saturated rings. The van der Waals surface area contributed by atoms with Crippen LogP contribution in [0.2, 0.25) is 0 Å². The number of hydrogen-bond acceptors (Lipinski definition) is 1. The highest BCUT2D eigenvalue weighted by Crippen LogP contribution is 2.27. The highest BCUT2D eigenvalue weighted by atomic mass is 14.9. The summed E-state index contributed by atoms with van der Waals surface area (Å²) in [6.45, 7) is 15.3. The van der Waals surface area contributed by atoms with Crippen LogP contribution in [0.15, 0.2) is 36.1 Å². The summed E-state index contributed by atoms with van der Waals surface area (Å²) < 4.78 is 0. The minimum atomic E-state index is 0.318. The Hall–Kier alpha value is -0.980. The van der Waals surface area contributed by atoms with Gasteiger partial charge in [0.25, 0.3) is 0 Å². The molecule has 1 N–H and O–H groups in total. The lowest BCUT2D eigenvalue weighted by molar-refractivity contribution is 0.397. The van der Waals surface area contributed by atoms with Gasteiger partial charge in [-0.3, -0.25) is 0 Å². The van der Waals surface area contributed by atoms with Gasteiger partial charge in [-0.1, -0.05) is 33.9 Å².